The maximum absolute atomic E-state index is 12.9. The van der Waals surface area contributed by atoms with E-state index in [1.807, 2.05) is 0 Å². The van der Waals surface area contributed by atoms with Crippen molar-refractivity contribution in [3.05, 3.63) is 43.4 Å². The smallest absolute Gasteiger partial charge is 0.358 e. The quantitative estimate of drug-likeness (QED) is 0.353. The van der Waals surface area contributed by atoms with Crippen LogP contribution in [0.2, 0.25) is 0 Å². The molecule has 1 N–H and O–H groups in total. The number of carbonyl (C=O) groups is 1. The lowest BCUT2D eigenvalue weighted by molar-refractivity contribution is -0.424. The van der Waals surface area contributed by atoms with Crippen LogP contribution >= 0.6 is 0 Å². The van der Waals surface area contributed by atoms with Gasteiger partial charge in [0.25, 0.3) is 0 Å². The van der Waals surface area contributed by atoms with Gasteiger partial charge in [0.2, 0.25) is 5.91 Å². The van der Waals surface area contributed by atoms with Gasteiger partial charge >= 0.3 is 17.7 Å². The van der Waals surface area contributed by atoms with Crippen LogP contribution in [0.1, 0.15) is 42.3 Å². The molecule has 0 aromatic carbocycles. The van der Waals surface area contributed by atoms with Crippen molar-refractivity contribution in [3.63, 3.8) is 0 Å². The van der Waals surface area contributed by atoms with Crippen LogP contribution in [0.25, 0.3) is 0 Å². The predicted octanol–water partition coefficient (Wildman–Crippen LogP) is 2.31. The number of aromatic nitrogens is 4. The van der Waals surface area contributed by atoms with Crippen molar-refractivity contribution in [1.82, 2.24) is 24.9 Å². The van der Waals surface area contributed by atoms with Gasteiger partial charge in [-0.25, -0.2) is 0 Å². The molecule has 1 amide bonds. The second kappa shape index (κ2) is 8.31. The van der Waals surface area contributed by atoms with Gasteiger partial charge in [0, 0.05) is 24.7 Å². The highest BCUT2D eigenvalue weighted by molar-refractivity contribution is 5.76. The Labute approximate surface area is 172 Å². The second-order valence-corrected chi connectivity index (χ2v) is 7.08. The number of hydrogen-bond donors (Lipinski definition) is 1. The third kappa shape index (κ3) is 4.97. The first-order valence-corrected chi connectivity index (χ1v) is 9.27. The molecule has 31 heavy (non-hydrogen) atoms. The van der Waals surface area contributed by atoms with Crippen LogP contribution in [0, 0.1) is 27.2 Å². The summed E-state index contributed by atoms with van der Waals surface area (Å²) < 4.78 is 40.9. The molecule has 0 saturated heterocycles. The molecule has 1 aliphatic carbocycles. The Hall–Kier alpha value is -3.52. The number of nitro groups is 2. The van der Waals surface area contributed by atoms with Crippen molar-refractivity contribution >= 4 is 17.4 Å². The number of halogens is 3. The molecule has 0 radical (unpaired) electrons. The molecule has 168 valence electrons. The normalized spacial score (nSPS) is 13.9. The van der Waals surface area contributed by atoms with Crippen LogP contribution in [-0.2, 0) is 24.1 Å². The molecule has 1 fully saturated rings. The molecule has 1 aliphatic rings. The van der Waals surface area contributed by atoms with E-state index in [0.717, 1.165) is 23.6 Å². The van der Waals surface area contributed by atoms with Crippen molar-refractivity contribution in [2.45, 2.75) is 51.4 Å². The lowest BCUT2D eigenvalue weighted by Gasteiger charge is -2.08. The van der Waals surface area contributed by atoms with Gasteiger partial charge < -0.3 is 15.4 Å². The van der Waals surface area contributed by atoms with Gasteiger partial charge in [-0.2, -0.15) is 23.0 Å². The van der Waals surface area contributed by atoms with E-state index in [4.69, 9.17) is 0 Å². The fourth-order valence-electron chi connectivity index (χ4n) is 3.12. The van der Waals surface area contributed by atoms with E-state index in [-0.39, 0.29) is 24.7 Å². The van der Waals surface area contributed by atoms with Gasteiger partial charge in [-0.3, -0.25) is 19.6 Å². The van der Waals surface area contributed by atoms with Crippen LogP contribution in [-0.4, -0.2) is 41.9 Å². The molecule has 2 aromatic heterocycles. The zero-order valence-corrected chi connectivity index (χ0v) is 16.3. The zero-order valence-electron chi connectivity index (χ0n) is 16.3. The molecule has 0 unspecified atom stereocenters. The van der Waals surface area contributed by atoms with Gasteiger partial charge in [-0.05, 0) is 37.2 Å². The largest absolute Gasteiger partial charge is 0.468 e. The first-order chi connectivity index (χ1) is 14.5. The van der Waals surface area contributed by atoms with Crippen LogP contribution in [0.3, 0.4) is 0 Å². The number of nitrogens with zero attached hydrogens (tertiary/aromatic N) is 6. The van der Waals surface area contributed by atoms with E-state index >= 15 is 0 Å². The summed E-state index contributed by atoms with van der Waals surface area (Å²) in [5.74, 6) is -1.50. The molecule has 0 atom stereocenters. The van der Waals surface area contributed by atoms with Crippen molar-refractivity contribution in [2.75, 3.05) is 6.54 Å². The highest BCUT2D eigenvalue weighted by Crippen LogP contribution is 2.42. The molecule has 3 rings (SSSR count). The Balaban J connectivity index is 1.56. The minimum absolute atomic E-state index is 0.0626. The third-order valence-electron chi connectivity index (χ3n) is 4.77. The van der Waals surface area contributed by atoms with E-state index in [1.165, 1.54) is 11.6 Å². The topological polar surface area (TPSA) is 151 Å². The molecule has 15 heteroatoms. The molecule has 2 aromatic rings. The summed E-state index contributed by atoms with van der Waals surface area (Å²) in [6, 6.07) is 1.05. The Morgan fingerprint density at radius 1 is 1.23 bits per heavy atom. The van der Waals surface area contributed by atoms with Crippen molar-refractivity contribution in [2.24, 2.45) is 0 Å². The van der Waals surface area contributed by atoms with Crippen molar-refractivity contribution in [1.29, 1.82) is 0 Å². The molecule has 12 nitrogen and oxygen atoms in total. The monoisotopic (exact) mass is 445 g/mol. The number of aryl methyl sites for hydroxylation is 1. The first kappa shape index (κ1) is 22.2. The molecular formula is C16H18F3N7O5. The summed E-state index contributed by atoms with van der Waals surface area (Å²) in [4.78, 5) is 32.0. The Bertz CT molecular complexity index is 1030. The van der Waals surface area contributed by atoms with Crippen molar-refractivity contribution in [3.8, 4) is 0 Å². The third-order valence-corrected chi connectivity index (χ3v) is 4.77. The standard InChI is InChI=1S/C16H18F3N7O5/c1-9-14(25(28)29)15(26(30)31)22-24(9)8-13(27)20-5-2-6-23-11(10-3-4-10)7-12(21-23)16(17,18)19/h7,10H,2-6,8H2,1H3,(H,20,27). The van der Waals surface area contributed by atoms with E-state index < -0.39 is 45.7 Å². The molecule has 2 heterocycles. The average molecular weight is 445 g/mol. The van der Waals surface area contributed by atoms with Gasteiger partial charge in [0.15, 0.2) is 5.69 Å². The Morgan fingerprint density at radius 3 is 2.42 bits per heavy atom. The number of rotatable bonds is 9. The number of nitrogens with one attached hydrogen (secondary N) is 1. The highest BCUT2D eigenvalue weighted by Gasteiger charge is 2.38. The highest BCUT2D eigenvalue weighted by atomic mass is 19.4. The SMILES string of the molecule is Cc1c([N+](=O)[O-])c([N+](=O)[O-])nn1CC(=O)NCCCn1nc(C(F)(F)F)cc1C1CC1. The number of amides is 1. The predicted molar refractivity (Wildman–Crippen MR) is 97.1 cm³/mol. The molecular weight excluding hydrogens is 427 g/mol. The lowest BCUT2D eigenvalue weighted by atomic mass is 10.2. The molecule has 1 saturated carbocycles. The van der Waals surface area contributed by atoms with Gasteiger partial charge in [-0.1, -0.05) is 0 Å². The summed E-state index contributed by atoms with van der Waals surface area (Å²) >= 11 is 0. The van der Waals surface area contributed by atoms with Gasteiger partial charge in [0.05, 0.1) is 10.0 Å². The van der Waals surface area contributed by atoms with E-state index in [2.05, 4.69) is 15.5 Å². The average Bonchev–Trinajstić information content (AvgIpc) is 3.32. The first-order valence-electron chi connectivity index (χ1n) is 9.27. The Kier molecular flexibility index (Phi) is 5.94. The van der Waals surface area contributed by atoms with E-state index in [0.29, 0.717) is 12.1 Å². The van der Waals surface area contributed by atoms with Crippen LogP contribution in [0.4, 0.5) is 24.7 Å². The van der Waals surface area contributed by atoms with Crippen molar-refractivity contribution < 1.29 is 27.8 Å². The molecule has 0 aliphatic heterocycles. The Morgan fingerprint density at radius 2 is 1.90 bits per heavy atom. The van der Waals surface area contributed by atoms with Crippen LogP contribution in [0.5, 0.6) is 0 Å². The fraction of sp³-hybridized carbons (Fsp3) is 0.562. The summed E-state index contributed by atoms with van der Waals surface area (Å²) in [7, 11) is 0. The lowest BCUT2D eigenvalue weighted by Crippen LogP contribution is -2.30. The maximum atomic E-state index is 12.9. The minimum Gasteiger partial charge on any atom is -0.358 e. The minimum atomic E-state index is -4.53. The number of carbonyl (C=O) groups excluding carboxylic acids is 1. The zero-order chi connectivity index (χ0) is 22.9. The number of alkyl halides is 3. The fourth-order valence-corrected chi connectivity index (χ4v) is 3.12. The summed E-state index contributed by atoms with van der Waals surface area (Å²) in [5.41, 5.74) is -1.36. The van der Waals surface area contributed by atoms with Crippen LogP contribution in [0.15, 0.2) is 6.07 Å². The van der Waals surface area contributed by atoms with Crippen LogP contribution < -0.4 is 5.32 Å². The summed E-state index contributed by atoms with van der Waals surface area (Å²) in [6.45, 7) is 1.03. The van der Waals surface area contributed by atoms with Gasteiger partial charge in [-0.15, -0.1) is 0 Å². The van der Waals surface area contributed by atoms with E-state index in [1.54, 1.807) is 0 Å². The summed E-state index contributed by atoms with van der Waals surface area (Å²) in [5, 5.41) is 31.6. The number of hydrogen-bond acceptors (Lipinski definition) is 7. The molecule has 0 spiro atoms. The van der Waals surface area contributed by atoms with Gasteiger partial charge in [0.1, 0.15) is 12.2 Å². The maximum Gasteiger partial charge on any atom is 0.468 e. The molecule has 0 bridgehead atoms. The second-order valence-electron chi connectivity index (χ2n) is 7.08. The van der Waals surface area contributed by atoms with E-state index in [9.17, 15) is 38.2 Å². The summed E-state index contributed by atoms with van der Waals surface area (Å²) in [6.07, 6.45) is -2.62.